The lowest BCUT2D eigenvalue weighted by molar-refractivity contribution is -0.122. The molecule has 192 valence electrons. The molecule has 9 heteroatoms. The number of aromatic amines is 2. The van der Waals surface area contributed by atoms with Crippen LogP contribution in [0.25, 0.3) is 56.0 Å². The van der Waals surface area contributed by atoms with Gasteiger partial charge in [-0.1, -0.05) is 30.7 Å². The highest BCUT2D eigenvalue weighted by Crippen LogP contribution is 2.33. The van der Waals surface area contributed by atoms with Gasteiger partial charge in [-0.2, -0.15) is 5.10 Å². The molecular formula is C30H25N7O2. The lowest BCUT2D eigenvalue weighted by Crippen LogP contribution is -2.28. The molecule has 0 spiro atoms. The molecule has 6 aromatic rings. The average Bonchev–Trinajstić information content (AvgIpc) is 3.56. The van der Waals surface area contributed by atoms with Gasteiger partial charge in [0.25, 0.3) is 0 Å². The van der Waals surface area contributed by atoms with Crippen molar-refractivity contribution in [3.8, 4) is 39.7 Å². The SMILES string of the molecule is COc1cccc(-c2cccc3[nH]c(-c4n[nH]c5ccc(-c6cncc(NC(=O)C7CCC7)c6)nc45)nc23)c1. The Bertz CT molecular complexity index is 1850. The normalized spacial score (nSPS) is 13.5. The lowest BCUT2D eigenvalue weighted by atomic mass is 9.85. The van der Waals surface area contributed by atoms with Crippen molar-refractivity contribution < 1.29 is 9.53 Å². The minimum Gasteiger partial charge on any atom is -0.497 e. The summed E-state index contributed by atoms with van der Waals surface area (Å²) in [5.74, 6) is 1.57. The monoisotopic (exact) mass is 515 g/mol. The summed E-state index contributed by atoms with van der Waals surface area (Å²) in [7, 11) is 1.66. The van der Waals surface area contributed by atoms with E-state index in [2.05, 4.69) is 25.5 Å². The second-order valence-corrected chi connectivity index (χ2v) is 9.76. The minimum atomic E-state index is 0.0546. The van der Waals surface area contributed by atoms with Gasteiger partial charge in [-0.15, -0.1) is 0 Å². The first-order chi connectivity index (χ1) is 19.2. The standard InChI is InChI=1S/C30H25N7O2/c1-39-21-8-3-7-18(14-21)22-9-4-10-24-26(22)35-29(34-24)28-27-25(36-37-28)12-11-23(33-27)19-13-20(16-31-15-19)32-30(38)17-5-2-6-17/h3-4,7-17H,2,5-6H2,1H3,(H,32,38)(H,34,35)(H,36,37). The zero-order valence-electron chi connectivity index (χ0n) is 21.2. The van der Waals surface area contributed by atoms with Gasteiger partial charge in [0, 0.05) is 23.2 Å². The second kappa shape index (κ2) is 9.36. The van der Waals surface area contributed by atoms with Crippen LogP contribution in [0.5, 0.6) is 5.75 Å². The summed E-state index contributed by atoms with van der Waals surface area (Å²) in [6.07, 6.45) is 6.41. The largest absolute Gasteiger partial charge is 0.497 e. The van der Waals surface area contributed by atoms with Crippen molar-refractivity contribution in [3.63, 3.8) is 0 Å². The van der Waals surface area contributed by atoms with Crippen LogP contribution >= 0.6 is 0 Å². The van der Waals surface area contributed by atoms with Crippen LogP contribution in [0.2, 0.25) is 0 Å². The van der Waals surface area contributed by atoms with E-state index in [9.17, 15) is 4.79 Å². The molecular weight excluding hydrogens is 490 g/mol. The molecule has 0 atom stereocenters. The summed E-state index contributed by atoms with van der Waals surface area (Å²) in [5.41, 5.74) is 8.07. The lowest BCUT2D eigenvalue weighted by Gasteiger charge is -2.24. The van der Waals surface area contributed by atoms with Crippen LogP contribution in [0.3, 0.4) is 0 Å². The van der Waals surface area contributed by atoms with E-state index in [1.54, 1.807) is 19.5 Å². The maximum atomic E-state index is 12.4. The number of aromatic nitrogens is 6. The smallest absolute Gasteiger partial charge is 0.227 e. The third-order valence-corrected chi connectivity index (χ3v) is 7.30. The zero-order valence-corrected chi connectivity index (χ0v) is 21.2. The fraction of sp³-hybridized carbons (Fsp3) is 0.167. The van der Waals surface area contributed by atoms with Crippen LogP contribution < -0.4 is 10.1 Å². The number of H-pyrrole nitrogens is 2. The van der Waals surface area contributed by atoms with Crippen LogP contribution in [0.15, 0.2) is 73.1 Å². The van der Waals surface area contributed by atoms with Crippen molar-refractivity contribution in [2.75, 3.05) is 12.4 Å². The van der Waals surface area contributed by atoms with E-state index < -0.39 is 0 Å². The molecule has 0 radical (unpaired) electrons. The van der Waals surface area contributed by atoms with Gasteiger partial charge in [0.15, 0.2) is 11.5 Å². The van der Waals surface area contributed by atoms with E-state index in [-0.39, 0.29) is 11.8 Å². The van der Waals surface area contributed by atoms with Gasteiger partial charge in [0.05, 0.1) is 41.2 Å². The van der Waals surface area contributed by atoms with Gasteiger partial charge < -0.3 is 15.0 Å². The van der Waals surface area contributed by atoms with Gasteiger partial charge in [-0.3, -0.25) is 14.9 Å². The summed E-state index contributed by atoms with van der Waals surface area (Å²) in [5, 5.41) is 10.6. The number of benzene rings is 2. The van der Waals surface area contributed by atoms with Gasteiger partial charge in [0.2, 0.25) is 5.91 Å². The van der Waals surface area contributed by atoms with Crippen LogP contribution in [0, 0.1) is 5.92 Å². The number of carbonyl (C=O) groups excluding carboxylic acids is 1. The molecule has 0 saturated heterocycles. The molecule has 1 amide bonds. The molecule has 7 rings (SSSR count). The summed E-state index contributed by atoms with van der Waals surface area (Å²) in [6.45, 7) is 0. The predicted octanol–water partition coefficient (Wildman–Crippen LogP) is 5.98. The zero-order chi connectivity index (χ0) is 26.3. The quantitative estimate of drug-likeness (QED) is 0.251. The predicted molar refractivity (Wildman–Crippen MR) is 150 cm³/mol. The van der Waals surface area contributed by atoms with Crippen molar-refractivity contribution in [1.29, 1.82) is 0 Å². The molecule has 4 heterocycles. The Morgan fingerprint density at radius 1 is 0.949 bits per heavy atom. The molecule has 1 aliphatic rings. The van der Waals surface area contributed by atoms with Gasteiger partial charge in [0.1, 0.15) is 11.3 Å². The maximum Gasteiger partial charge on any atom is 0.227 e. The Labute approximate surface area is 223 Å². The average molecular weight is 516 g/mol. The number of fused-ring (bicyclic) bond motifs is 2. The number of amides is 1. The number of anilines is 1. The first-order valence-electron chi connectivity index (χ1n) is 12.9. The highest BCUT2D eigenvalue weighted by molar-refractivity contribution is 5.97. The summed E-state index contributed by atoms with van der Waals surface area (Å²) in [4.78, 5) is 30.0. The van der Waals surface area contributed by atoms with E-state index >= 15 is 0 Å². The van der Waals surface area contributed by atoms with Crippen LogP contribution in [0.4, 0.5) is 5.69 Å². The third-order valence-electron chi connectivity index (χ3n) is 7.30. The van der Waals surface area contributed by atoms with Crippen molar-refractivity contribution in [3.05, 3.63) is 73.1 Å². The van der Waals surface area contributed by atoms with Crippen molar-refractivity contribution in [1.82, 2.24) is 30.1 Å². The first-order valence-corrected chi connectivity index (χ1v) is 12.9. The number of rotatable bonds is 6. The minimum absolute atomic E-state index is 0.0546. The van der Waals surface area contributed by atoms with Gasteiger partial charge in [-0.25, -0.2) is 9.97 Å². The van der Waals surface area contributed by atoms with Gasteiger partial charge in [-0.05, 0) is 54.8 Å². The molecule has 1 aliphatic carbocycles. The molecule has 1 saturated carbocycles. The molecule has 2 aromatic carbocycles. The Morgan fingerprint density at radius 3 is 2.69 bits per heavy atom. The number of carbonyl (C=O) groups is 1. The topological polar surface area (TPSA) is 121 Å². The highest BCUT2D eigenvalue weighted by Gasteiger charge is 2.25. The second-order valence-electron chi connectivity index (χ2n) is 9.76. The third kappa shape index (κ3) is 4.17. The summed E-state index contributed by atoms with van der Waals surface area (Å²) >= 11 is 0. The molecule has 0 unspecified atom stereocenters. The molecule has 0 bridgehead atoms. The molecule has 1 fully saturated rings. The van der Waals surface area contributed by atoms with E-state index in [0.717, 1.165) is 63.9 Å². The summed E-state index contributed by atoms with van der Waals surface area (Å²) < 4.78 is 5.42. The fourth-order valence-electron chi connectivity index (χ4n) is 4.96. The van der Waals surface area contributed by atoms with Crippen LogP contribution in [0.1, 0.15) is 19.3 Å². The van der Waals surface area contributed by atoms with Crippen molar-refractivity contribution in [2.24, 2.45) is 5.92 Å². The van der Waals surface area contributed by atoms with Crippen LogP contribution in [-0.4, -0.2) is 43.2 Å². The maximum absolute atomic E-state index is 12.4. The Morgan fingerprint density at radius 2 is 1.85 bits per heavy atom. The number of hydrogen-bond acceptors (Lipinski definition) is 6. The fourth-order valence-corrected chi connectivity index (χ4v) is 4.96. The number of pyridine rings is 2. The van der Waals surface area contributed by atoms with E-state index in [4.69, 9.17) is 14.7 Å². The van der Waals surface area contributed by atoms with Crippen molar-refractivity contribution in [2.45, 2.75) is 19.3 Å². The van der Waals surface area contributed by atoms with Crippen molar-refractivity contribution >= 4 is 33.7 Å². The number of hydrogen-bond donors (Lipinski definition) is 3. The molecule has 4 aromatic heterocycles. The highest BCUT2D eigenvalue weighted by atomic mass is 16.5. The van der Waals surface area contributed by atoms with E-state index in [0.29, 0.717) is 22.7 Å². The molecule has 0 aliphatic heterocycles. The Balaban J connectivity index is 1.26. The number of ether oxygens (including phenoxy) is 1. The number of nitrogens with one attached hydrogen (secondary N) is 3. The van der Waals surface area contributed by atoms with E-state index in [1.807, 2.05) is 60.7 Å². The Kier molecular flexibility index (Phi) is 5.54. The number of para-hydroxylation sites is 1. The number of imidazole rings is 1. The molecule has 9 nitrogen and oxygen atoms in total. The first kappa shape index (κ1) is 23.1. The number of methoxy groups -OCH3 is 1. The van der Waals surface area contributed by atoms with Crippen LogP contribution in [-0.2, 0) is 4.79 Å². The number of nitrogens with zero attached hydrogens (tertiary/aromatic N) is 4. The summed E-state index contributed by atoms with van der Waals surface area (Å²) in [6, 6.07) is 19.7. The van der Waals surface area contributed by atoms with Gasteiger partial charge >= 0.3 is 0 Å². The Hall–Kier alpha value is -5.05. The molecule has 3 N–H and O–H groups in total. The molecule has 39 heavy (non-hydrogen) atoms. The van der Waals surface area contributed by atoms with E-state index in [1.165, 1.54) is 0 Å².